The molecule has 0 atom stereocenters. The Morgan fingerprint density at radius 2 is 1.27 bits per heavy atom. The van der Waals surface area contributed by atoms with Crippen LogP contribution in [-0.4, -0.2) is 14.5 Å². The largest absolute Gasteiger partial charge is 0.353 e. The van der Waals surface area contributed by atoms with Crippen LogP contribution >= 0.6 is 0 Å². The van der Waals surface area contributed by atoms with E-state index in [4.69, 9.17) is 19.2 Å². The number of benzene rings is 3. The van der Waals surface area contributed by atoms with Crippen molar-refractivity contribution < 1.29 is 19.2 Å². The highest BCUT2D eigenvalue weighted by Crippen LogP contribution is 2.32. The Kier molecular flexibility index (Phi) is 1.14. The summed E-state index contributed by atoms with van der Waals surface area (Å²) in [5, 5.41) is -0.510. The molecule has 1 N–H and O–H groups in total. The van der Waals surface area contributed by atoms with Crippen LogP contribution < -0.4 is 0 Å². The van der Waals surface area contributed by atoms with E-state index in [1.54, 1.807) is 0 Å². The molecule has 0 fully saturated rings. The van der Waals surface area contributed by atoms with E-state index in [9.17, 15) is 0 Å². The first kappa shape index (κ1) is 5.99. The maximum Gasteiger partial charge on any atom is 0.138 e. The second-order valence-corrected chi connectivity index (χ2v) is 5.57. The van der Waals surface area contributed by atoms with E-state index in [2.05, 4.69) is 9.97 Å². The van der Waals surface area contributed by atoms with Crippen LogP contribution in [0.25, 0.3) is 49.6 Å². The van der Waals surface area contributed by atoms with Crippen LogP contribution in [0.3, 0.4) is 0 Å². The average Bonchev–Trinajstić information content (AvgIpc) is 3.49. The Hall–Kier alpha value is -3.59. The van der Waals surface area contributed by atoms with Gasteiger partial charge in [-0.05, 0) is 30.2 Å². The molecule has 0 unspecified atom stereocenters. The van der Waals surface area contributed by atoms with Gasteiger partial charge in [-0.3, -0.25) is 4.57 Å². The topological polar surface area (TPSA) is 33.6 Å². The van der Waals surface area contributed by atoms with Gasteiger partial charge in [-0.2, -0.15) is 0 Å². The summed E-state index contributed by atoms with van der Waals surface area (Å²) in [4.78, 5) is 7.21. The zero-order chi connectivity index (χ0) is 29.3. The minimum Gasteiger partial charge on any atom is -0.353 e. The van der Waals surface area contributed by atoms with Gasteiger partial charge in [0.25, 0.3) is 0 Å². The molecule has 26 heavy (non-hydrogen) atoms. The maximum atomic E-state index is 8.77. The number of aromatic nitrogens is 3. The van der Waals surface area contributed by atoms with Crippen molar-refractivity contribution in [1.29, 1.82) is 0 Å². The fourth-order valence-corrected chi connectivity index (χ4v) is 3.09. The number of fused-ring (bicyclic) bond motifs is 6. The van der Waals surface area contributed by atoms with Crippen molar-refractivity contribution in [2.45, 2.75) is 0 Å². The SMILES string of the molecule is [2H]c1c(-n2c3c([2H])c([2H])c([2H])c([2H])c3c3c([2H])c([2H])c([2H])c([2H])c32)nc2c([nH]c3c([2H])c([2H])c([2H])c([2H])c32)c1[2H]. The predicted octanol–water partition coefficient (Wildman–Crippen LogP) is 5.81. The molecule has 0 saturated carbocycles. The zero-order valence-electron chi connectivity index (χ0n) is 26.9. The third-order valence-electron chi connectivity index (χ3n) is 4.17. The van der Waals surface area contributed by atoms with Crippen LogP contribution in [0.4, 0.5) is 0 Å². The molecule has 0 bridgehead atoms. The molecule has 3 aromatic heterocycles. The number of aromatic amines is 1. The molecule has 3 nitrogen and oxygen atoms in total. The van der Waals surface area contributed by atoms with Gasteiger partial charge in [-0.15, -0.1) is 0 Å². The molecule has 0 amide bonds. The van der Waals surface area contributed by atoms with Crippen molar-refractivity contribution in [3.8, 4) is 5.82 Å². The second-order valence-electron chi connectivity index (χ2n) is 5.57. The molecule has 0 saturated heterocycles. The van der Waals surface area contributed by atoms with Gasteiger partial charge < -0.3 is 4.98 Å². The highest BCUT2D eigenvalue weighted by atomic mass is 15.1. The van der Waals surface area contributed by atoms with Gasteiger partial charge in [-0.25, -0.2) is 4.98 Å². The second kappa shape index (κ2) is 4.96. The minimum atomic E-state index is -0.656. The van der Waals surface area contributed by atoms with E-state index >= 15 is 0 Å². The van der Waals surface area contributed by atoms with Gasteiger partial charge >= 0.3 is 0 Å². The summed E-state index contributed by atoms with van der Waals surface area (Å²) < 4.78 is 118. The monoisotopic (exact) mass is 347 g/mol. The van der Waals surface area contributed by atoms with Crippen molar-refractivity contribution in [2.24, 2.45) is 0 Å². The van der Waals surface area contributed by atoms with E-state index in [1.165, 1.54) is 0 Å². The van der Waals surface area contributed by atoms with Gasteiger partial charge in [0.15, 0.2) is 0 Å². The third-order valence-corrected chi connectivity index (χ3v) is 4.17. The molecule has 3 heterocycles. The lowest BCUT2D eigenvalue weighted by molar-refractivity contribution is 1.10. The number of para-hydroxylation sites is 3. The first-order valence-electron chi connectivity index (χ1n) is 14.6. The maximum absolute atomic E-state index is 8.77. The Morgan fingerprint density at radius 1 is 0.654 bits per heavy atom. The molecular formula is C23H15N3. The fourth-order valence-electron chi connectivity index (χ4n) is 3.09. The van der Waals surface area contributed by atoms with Gasteiger partial charge in [0.05, 0.1) is 41.3 Å². The summed E-state index contributed by atoms with van der Waals surface area (Å²) in [5.74, 6) is -0.416. The smallest absolute Gasteiger partial charge is 0.138 e. The van der Waals surface area contributed by atoms with E-state index in [0.29, 0.717) is 0 Å². The van der Waals surface area contributed by atoms with E-state index in [0.717, 1.165) is 4.57 Å². The van der Waals surface area contributed by atoms with Gasteiger partial charge in [0.2, 0.25) is 0 Å². The van der Waals surface area contributed by atoms with Crippen LogP contribution in [-0.2, 0) is 0 Å². The average molecular weight is 347 g/mol. The van der Waals surface area contributed by atoms with Crippen LogP contribution in [0.15, 0.2) is 84.6 Å². The Morgan fingerprint density at radius 3 is 2.00 bits per heavy atom. The Labute approximate surface area is 169 Å². The molecule has 0 aliphatic heterocycles. The summed E-state index contributed by atoms with van der Waals surface area (Å²) in [6.45, 7) is 0. The first-order valence-corrected chi connectivity index (χ1v) is 7.62. The molecule has 3 aromatic carbocycles. The fraction of sp³-hybridized carbons (Fsp3) is 0. The standard InChI is InChI=1S/C23H15N3/c1-4-10-18-17(9-1)23-19(24-18)13-14-22(25-23)26-20-11-5-2-7-15(20)16-8-3-6-12-21(16)26/h1-14,24H/i1D,2D,3D,4D,5D,6D,7D,8D,9D,10D,11D,12D,13D,14D. The highest BCUT2D eigenvalue weighted by Gasteiger charge is 2.13. The van der Waals surface area contributed by atoms with Gasteiger partial charge in [0, 0.05) is 21.7 Å². The van der Waals surface area contributed by atoms with Crippen LogP contribution in [0.5, 0.6) is 0 Å². The Balaban J connectivity index is 1.94. The zero-order valence-corrected chi connectivity index (χ0v) is 12.9. The lowest BCUT2D eigenvalue weighted by Gasteiger charge is -2.07. The lowest BCUT2D eigenvalue weighted by Crippen LogP contribution is -1.96. The number of H-pyrrole nitrogens is 1. The van der Waals surface area contributed by atoms with Crippen LogP contribution in [0.2, 0.25) is 0 Å². The van der Waals surface area contributed by atoms with Crippen LogP contribution in [0, 0.1) is 0 Å². The van der Waals surface area contributed by atoms with Gasteiger partial charge in [0.1, 0.15) is 5.82 Å². The molecule has 6 rings (SSSR count). The highest BCUT2D eigenvalue weighted by molar-refractivity contribution is 6.09. The number of nitrogens with one attached hydrogen (secondary N) is 1. The van der Waals surface area contributed by atoms with E-state index in [1.807, 2.05) is 0 Å². The summed E-state index contributed by atoms with van der Waals surface area (Å²) in [7, 11) is 0. The molecule has 3 heteroatoms. The normalized spacial score (nSPS) is 19.4. The molecule has 6 aromatic rings. The van der Waals surface area contributed by atoms with Crippen molar-refractivity contribution >= 4 is 43.7 Å². The van der Waals surface area contributed by atoms with Crippen LogP contribution in [0.1, 0.15) is 19.2 Å². The Bertz CT molecular complexity index is 2080. The summed E-state index contributed by atoms with van der Waals surface area (Å²) in [6.07, 6.45) is 0. The van der Waals surface area contributed by atoms with Crippen molar-refractivity contribution in [2.75, 3.05) is 0 Å². The third kappa shape index (κ3) is 1.74. The summed E-state index contributed by atoms with van der Waals surface area (Å²) in [6, 6.07) is -7.90. The predicted molar refractivity (Wildman–Crippen MR) is 108 cm³/mol. The minimum absolute atomic E-state index is 0.0513. The number of pyridine rings is 1. The van der Waals surface area contributed by atoms with Crippen molar-refractivity contribution in [3.05, 3.63) is 84.6 Å². The van der Waals surface area contributed by atoms with Crippen molar-refractivity contribution in [1.82, 2.24) is 14.5 Å². The number of hydrogen-bond donors (Lipinski definition) is 1. The van der Waals surface area contributed by atoms with Gasteiger partial charge in [-0.1, -0.05) is 54.4 Å². The first-order chi connectivity index (χ1) is 18.7. The molecule has 0 aliphatic carbocycles. The number of rotatable bonds is 1. The van der Waals surface area contributed by atoms with E-state index < -0.39 is 90.4 Å². The molecule has 0 radical (unpaired) electrons. The molecule has 122 valence electrons. The molecular weight excluding hydrogens is 318 g/mol. The van der Waals surface area contributed by atoms with E-state index in [-0.39, 0.29) is 43.7 Å². The van der Waals surface area contributed by atoms with Crippen molar-refractivity contribution in [3.63, 3.8) is 0 Å². The molecule has 0 aliphatic rings. The number of nitrogens with zero attached hydrogens (tertiary/aromatic N) is 2. The summed E-state index contributed by atoms with van der Waals surface area (Å²) in [5.41, 5.74) is -0.802. The number of hydrogen-bond acceptors (Lipinski definition) is 1. The quantitative estimate of drug-likeness (QED) is 0.400. The lowest BCUT2D eigenvalue weighted by atomic mass is 10.2. The molecule has 0 spiro atoms. The summed E-state index contributed by atoms with van der Waals surface area (Å²) >= 11 is 0.